The van der Waals surface area contributed by atoms with Crippen LogP contribution < -0.4 is 5.32 Å². The molecule has 1 N–H and O–H groups in total. The molecule has 2 heterocycles. The Bertz CT molecular complexity index is 432. The molecule has 1 aromatic heterocycles. The number of hydrogen-bond acceptors (Lipinski definition) is 4. The number of anilines is 1. The van der Waals surface area contributed by atoms with Crippen molar-refractivity contribution in [3.63, 3.8) is 0 Å². The molecule has 0 bridgehead atoms. The van der Waals surface area contributed by atoms with Crippen LogP contribution in [0.25, 0.3) is 0 Å². The lowest BCUT2D eigenvalue weighted by molar-refractivity contribution is 0.535. The summed E-state index contributed by atoms with van der Waals surface area (Å²) < 4.78 is 1.88. The Morgan fingerprint density at radius 3 is 3.12 bits per heavy atom. The molecule has 1 aromatic rings. The minimum atomic E-state index is 0.559. The van der Waals surface area contributed by atoms with Gasteiger partial charge in [0.15, 0.2) is 11.0 Å². The summed E-state index contributed by atoms with van der Waals surface area (Å²) in [5.74, 6) is 2.94. The molecule has 0 spiro atoms. The van der Waals surface area contributed by atoms with E-state index in [1.54, 1.807) is 0 Å². The minimum Gasteiger partial charge on any atom is -0.318 e. The molecule has 1 fully saturated rings. The largest absolute Gasteiger partial charge is 0.318 e. The van der Waals surface area contributed by atoms with Gasteiger partial charge >= 0.3 is 0 Å². The number of aromatic nitrogens is 2. The van der Waals surface area contributed by atoms with Crippen LogP contribution in [0.1, 0.15) is 25.0 Å². The average Bonchev–Trinajstić information content (AvgIpc) is 2.86. The summed E-state index contributed by atoms with van der Waals surface area (Å²) in [4.78, 5) is 4.80. The fraction of sp³-hybridized carbons (Fsp3) is 0.667. The smallest absolute Gasteiger partial charge is 0.162 e. The molecular weight excluding hydrogens is 232 g/mol. The highest BCUT2D eigenvalue weighted by atomic mass is 32.2. The van der Waals surface area contributed by atoms with E-state index in [1.807, 2.05) is 23.5 Å². The number of fused-ring (bicyclic) bond motifs is 1. The Hall–Kier alpha value is -0.970. The van der Waals surface area contributed by atoms with Crippen molar-refractivity contribution in [2.75, 3.05) is 11.1 Å². The van der Waals surface area contributed by atoms with Gasteiger partial charge in [0.05, 0.1) is 6.04 Å². The highest BCUT2D eigenvalue weighted by Gasteiger charge is 2.31. The standard InChI is InChI=1S/C12H18N4S/c1-8-6-11(15-16(8)2)14-12-13-10-5-3-4-9(10)7-17-12/h6,9-10H,3-5,7H2,1-2H3,(H,13,14,15). The van der Waals surface area contributed by atoms with Crippen molar-refractivity contribution >= 4 is 22.7 Å². The van der Waals surface area contributed by atoms with Crippen LogP contribution in [0.5, 0.6) is 0 Å². The summed E-state index contributed by atoms with van der Waals surface area (Å²) in [7, 11) is 1.96. The topological polar surface area (TPSA) is 42.2 Å². The number of thioether (sulfide) groups is 1. The van der Waals surface area contributed by atoms with E-state index < -0.39 is 0 Å². The van der Waals surface area contributed by atoms with E-state index in [1.165, 1.54) is 25.0 Å². The van der Waals surface area contributed by atoms with E-state index in [-0.39, 0.29) is 0 Å². The molecule has 2 aliphatic rings. The van der Waals surface area contributed by atoms with Crippen molar-refractivity contribution < 1.29 is 0 Å². The summed E-state index contributed by atoms with van der Waals surface area (Å²) >= 11 is 1.84. The van der Waals surface area contributed by atoms with Crippen molar-refractivity contribution in [3.05, 3.63) is 11.8 Å². The third kappa shape index (κ3) is 2.20. The van der Waals surface area contributed by atoms with Gasteiger partial charge in [-0.2, -0.15) is 5.10 Å². The van der Waals surface area contributed by atoms with E-state index in [2.05, 4.69) is 23.4 Å². The van der Waals surface area contributed by atoms with Crippen molar-refractivity contribution in [3.8, 4) is 0 Å². The van der Waals surface area contributed by atoms with Gasteiger partial charge in [0.1, 0.15) is 0 Å². The highest BCUT2D eigenvalue weighted by molar-refractivity contribution is 8.14. The maximum Gasteiger partial charge on any atom is 0.162 e. The number of rotatable bonds is 1. The number of hydrogen-bond donors (Lipinski definition) is 1. The van der Waals surface area contributed by atoms with Gasteiger partial charge in [0, 0.05) is 24.6 Å². The molecule has 0 aromatic carbocycles. The molecule has 4 nitrogen and oxygen atoms in total. The van der Waals surface area contributed by atoms with E-state index in [9.17, 15) is 0 Å². The Balaban J connectivity index is 1.73. The third-order valence-corrected chi connectivity index (χ3v) is 4.76. The second kappa shape index (κ2) is 4.37. The second-order valence-electron chi connectivity index (χ2n) is 4.92. The Morgan fingerprint density at radius 1 is 1.47 bits per heavy atom. The molecular formula is C12H18N4S. The van der Waals surface area contributed by atoms with Gasteiger partial charge in [-0.25, -0.2) is 0 Å². The Kier molecular flexibility index (Phi) is 2.86. The zero-order chi connectivity index (χ0) is 11.8. The molecule has 1 aliphatic carbocycles. The molecule has 0 radical (unpaired) electrons. The van der Waals surface area contributed by atoms with Gasteiger partial charge < -0.3 is 5.32 Å². The molecule has 0 amide bonds. The van der Waals surface area contributed by atoms with Gasteiger partial charge in [0.25, 0.3) is 0 Å². The quantitative estimate of drug-likeness (QED) is 0.832. The van der Waals surface area contributed by atoms with E-state index in [0.29, 0.717) is 6.04 Å². The summed E-state index contributed by atoms with van der Waals surface area (Å²) in [6.07, 6.45) is 3.96. The lowest BCUT2D eigenvalue weighted by Crippen LogP contribution is -2.25. The van der Waals surface area contributed by atoms with Crippen LogP contribution in [0, 0.1) is 12.8 Å². The molecule has 2 unspecified atom stereocenters. The Labute approximate surface area is 106 Å². The molecule has 5 heteroatoms. The van der Waals surface area contributed by atoms with E-state index in [0.717, 1.165) is 22.6 Å². The number of aryl methyl sites for hydroxylation is 2. The van der Waals surface area contributed by atoms with Gasteiger partial charge in [0.2, 0.25) is 0 Å². The summed E-state index contributed by atoms with van der Waals surface area (Å²) in [5.41, 5.74) is 1.16. The second-order valence-corrected chi connectivity index (χ2v) is 5.93. The maximum absolute atomic E-state index is 4.80. The first kappa shape index (κ1) is 11.1. The fourth-order valence-electron chi connectivity index (χ4n) is 2.56. The Morgan fingerprint density at radius 2 is 2.35 bits per heavy atom. The normalized spacial score (nSPS) is 27.8. The summed E-state index contributed by atoms with van der Waals surface area (Å²) in [5, 5.41) is 8.78. The highest BCUT2D eigenvalue weighted by Crippen LogP contribution is 2.35. The molecule has 92 valence electrons. The summed E-state index contributed by atoms with van der Waals surface area (Å²) in [6.45, 7) is 2.06. The van der Waals surface area contributed by atoms with Gasteiger partial charge in [-0.3, -0.25) is 9.67 Å². The minimum absolute atomic E-state index is 0.559. The number of amidine groups is 1. The van der Waals surface area contributed by atoms with E-state index in [4.69, 9.17) is 4.99 Å². The fourth-order valence-corrected chi connectivity index (χ4v) is 3.70. The van der Waals surface area contributed by atoms with Crippen LogP contribution in [-0.2, 0) is 7.05 Å². The molecule has 1 aliphatic heterocycles. The number of nitrogens with zero attached hydrogens (tertiary/aromatic N) is 3. The van der Waals surface area contributed by atoms with Crippen LogP contribution in [0.3, 0.4) is 0 Å². The first-order valence-corrected chi connectivity index (χ1v) is 7.19. The van der Waals surface area contributed by atoms with Crippen molar-refractivity contribution in [2.45, 2.75) is 32.2 Å². The van der Waals surface area contributed by atoms with Gasteiger partial charge in [-0.05, 0) is 25.7 Å². The van der Waals surface area contributed by atoms with Crippen molar-refractivity contribution in [1.82, 2.24) is 9.78 Å². The molecule has 17 heavy (non-hydrogen) atoms. The van der Waals surface area contributed by atoms with Crippen LogP contribution >= 0.6 is 11.8 Å². The van der Waals surface area contributed by atoms with Crippen molar-refractivity contribution in [1.29, 1.82) is 0 Å². The third-order valence-electron chi connectivity index (χ3n) is 3.68. The first-order chi connectivity index (χ1) is 8.22. The number of nitrogens with one attached hydrogen (secondary N) is 1. The summed E-state index contributed by atoms with van der Waals surface area (Å²) in [6, 6.07) is 2.62. The monoisotopic (exact) mass is 250 g/mol. The molecule has 0 saturated heterocycles. The lowest BCUT2D eigenvalue weighted by atomic mass is 10.1. The van der Waals surface area contributed by atoms with Crippen molar-refractivity contribution in [2.24, 2.45) is 18.0 Å². The molecule has 1 saturated carbocycles. The predicted molar refractivity (Wildman–Crippen MR) is 72.6 cm³/mol. The van der Waals surface area contributed by atoms with Gasteiger partial charge in [-0.15, -0.1) is 0 Å². The van der Waals surface area contributed by atoms with Crippen LogP contribution in [0.4, 0.5) is 5.82 Å². The SMILES string of the molecule is Cc1cc(NC2=NC3CCCC3CS2)nn1C. The maximum atomic E-state index is 4.80. The zero-order valence-corrected chi connectivity index (χ0v) is 11.1. The number of aliphatic imine (C=N–C) groups is 1. The van der Waals surface area contributed by atoms with Crippen LogP contribution in [0.15, 0.2) is 11.1 Å². The average molecular weight is 250 g/mol. The predicted octanol–water partition coefficient (Wildman–Crippen LogP) is 2.41. The zero-order valence-electron chi connectivity index (χ0n) is 10.3. The lowest BCUT2D eigenvalue weighted by Gasteiger charge is -2.22. The first-order valence-electron chi connectivity index (χ1n) is 6.20. The van der Waals surface area contributed by atoms with Crippen LogP contribution in [-0.4, -0.2) is 26.7 Å². The molecule has 2 atom stereocenters. The van der Waals surface area contributed by atoms with Gasteiger partial charge in [-0.1, -0.05) is 18.2 Å². The van der Waals surface area contributed by atoms with Crippen LogP contribution in [0.2, 0.25) is 0 Å². The molecule has 3 rings (SSSR count). The van der Waals surface area contributed by atoms with E-state index >= 15 is 0 Å².